The molecule has 0 radical (unpaired) electrons. The van der Waals surface area contributed by atoms with Crippen molar-refractivity contribution in [3.63, 3.8) is 0 Å². The summed E-state index contributed by atoms with van der Waals surface area (Å²) in [4.78, 5) is 12.5. The van der Waals surface area contributed by atoms with Gasteiger partial charge in [0.1, 0.15) is 23.9 Å². The summed E-state index contributed by atoms with van der Waals surface area (Å²) in [5.74, 6) is 0.664. The van der Waals surface area contributed by atoms with Crippen LogP contribution in [0.3, 0.4) is 0 Å². The maximum atomic E-state index is 13.4. The largest absolute Gasteiger partial charge is 0.489 e. The number of aryl methyl sites for hydroxylation is 2. The Morgan fingerprint density at radius 2 is 1.89 bits per heavy atom. The minimum Gasteiger partial charge on any atom is -0.489 e. The van der Waals surface area contributed by atoms with E-state index in [2.05, 4.69) is 18.2 Å². The number of halogens is 1. The van der Waals surface area contributed by atoms with Crippen LogP contribution in [0.1, 0.15) is 32.6 Å². The number of ketones is 1. The number of rotatable bonds is 4. The van der Waals surface area contributed by atoms with Gasteiger partial charge in [-0.2, -0.15) is 0 Å². The summed E-state index contributed by atoms with van der Waals surface area (Å²) < 4.78 is 25.0. The van der Waals surface area contributed by atoms with E-state index in [1.165, 1.54) is 23.3 Å². The molecule has 1 aliphatic heterocycles. The zero-order valence-electron chi connectivity index (χ0n) is 15.7. The lowest BCUT2D eigenvalue weighted by Crippen LogP contribution is -1.99. The minimum atomic E-state index is -0.362. The van der Waals surface area contributed by atoms with E-state index < -0.39 is 0 Å². The molecule has 0 N–H and O–H groups in total. The van der Waals surface area contributed by atoms with Crippen molar-refractivity contribution in [1.29, 1.82) is 0 Å². The molecule has 3 aromatic carbocycles. The average molecular weight is 374 g/mol. The van der Waals surface area contributed by atoms with Crippen LogP contribution in [0, 0.1) is 19.7 Å². The van der Waals surface area contributed by atoms with E-state index in [0.717, 1.165) is 5.56 Å². The van der Waals surface area contributed by atoms with E-state index in [0.29, 0.717) is 29.2 Å². The molecule has 0 saturated carbocycles. The Hall–Kier alpha value is -3.40. The Bertz CT molecular complexity index is 1100. The lowest BCUT2D eigenvalue weighted by Gasteiger charge is -2.10. The number of carbonyl (C=O) groups excluding carboxylic acids is 1. The number of Topliss-reactive ketones (excluding diaryl/α,β-unsaturated/α-hetero) is 1. The van der Waals surface area contributed by atoms with Crippen LogP contribution in [0.25, 0.3) is 6.08 Å². The van der Waals surface area contributed by atoms with Crippen LogP contribution in [0.2, 0.25) is 0 Å². The number of ether oxygens (including phenoxy) is 2. The molecule has 0 aliphatic carbocycles. The summed E-state index contributed by atoms with van der Waals surface area (Å²) in [6, 6.07) is 17.4. The number of allylic oxidation sites excluding steroid dienone is 1. The molecule has 1 aliphatic rings. The summed E-state index contributed by atoms with van der Waals surface area (Å²) in [6.07, 6.45) is 1.54. The number of fused-ring (bicyclic) bond motifs is 1. The predicted octanol–water partition coefficient (Wildman–Crippen LogP) is 5.64. The molecule has 0 saturated heterocycles. The van der Waals surface area contributed by atoms with Crippen molar-refractivity contribution in [3.05, 3.63) is 100 Å². The van der Waals surface area contributed by atoms with Crippen molar-refractivity contribution in [2.24, 2.45) is 0 Å². The van der Waals surface area contributed by atoms with Gasteiger partial charge in [0.15, 0.2) is 5.76 Å². The van der Waals surface area contributed by atoms with Crippen molar-refractivity contribution in [2.75, 3.05) is 0 Å². The molecule has 28 heavy (non-hydrogen) atoms. The van der Waals surface area contributed by atoms with Gasteiger partial charge in [-0.25, -0.2) is 4.39 Å². The molecule has 140 valence electrons. The molecule has 0 aromatic heterocycles. The van der Waals surface area contributed by atoms with Crippen molar-refractivity contribution >= 4 is 11.9 Å². The highest BCUT2D eigenvalue weighted by atomic mass is 19.1. The number of benzene rings is 3. The van der Waals surface area contributed by atoms with Gasteiger partial charge in [0.2, 0.25) is 5.78 Å². The molecular weight excluding hydrogens is 355 g/mol. The molecule has 0 amide bonds. The van der Waals surface area contributed by atoms with E-state index >= 15 is 0 Å². The Balaban J connectivity index is 1.53. The molecule has 0 atom stereocenters. The molecule has 0 unspecified atom stereocenters. The highest BCUT2D eigenvalue weighted by Crippen LogP contribution is 2.35. The summed E-state index contributed by atoms with van der Waals surface area (Å²) in [6.45, 7) is 4.53. The van der Waals surface area contributed by atoms with Gasteiger partial charge in [0.25, 0.3) is 0 Å². The highest BCUT2D eigenvalue weighted by molar-refractivity contribution is 6.14. The van der Waals surface area contributed by atoms with Gasteiger partial charge in [0, 0.05) is 6.07 Å². The van der Waals surface area contributed by atoms with Crippen LogP contribution in [0.5, 0.6) is 11.5 Å². The number of hydrogen-bond donors (Lipinski definition) is 0. The van der Waals surface area contributed by atoms with Crippen LogP contribution in [-0.2, 0) is 6.61 Å². The van der Waals surface area contributed by atoms with E-state index in [1.54, 1.807) is 36.4 Å². The maximum absolute atomic E-state index is 13.4. The molecule has 0 fully saturated rings. The van der Waals surface area contributed by atoms with Crippen LogP contribution in [0.4, 0.5) is 4.39 Å². The first-order valence-corrected chi connectivity index (χ1v) is 9.02. The highest BCUT2D eigenvalue weighted by Gasteiger charge is 2.27. The van der Waals surface area contributed by atoms with Gasteiger partial charge in [-0.15, -0.1) is 0 Å². The molecule has 0 bridgehead atoms. The van der Waals surface area contributed by atoms with E-state index in [1.807, 2.05) is 13.8 Å². The molecule has 4 rings (SSSR count). The standard InChI is InChI=1S/C24H19FO3/c1-15-6-7-16(2)18(10-15)14-27-20-8-9-21-22(13-20)28-23(24(21)26)12-17-4-3-5-19(25)11-17/h3-13H,14H2,1-2H3. The Kier molecular flexibility index (Phi) is 4.70. The zero-order chi connectivity index (χ0) is 19.7. The van der Waals surface area contributed by atoms with Gasteiger partial charge < -0.3 is 9.47 Å². The lowest BCUT2D eigenvalue weighted by atomic mass is 10.1. The molecule has 4 heteroatoms. The monoisotopic (exact) mass is 374 g/mol. The van der Waals surface area contributed by atoms with Gasteiger partial charge in [-0.1, -0.05) is 35.9 Å². The first kappa shape index (κ1) is 18.0. The second kappa shape index (κ2) is 7.31. The van der Waals surface area contributed by atoms with Crippen molar-refractivity contribution < 1.29 is 18.7 Å². The molecule has 3 aromatic rings. The second-order valence-electron chi connectivity index (χ2n) is 6.87. The van der Waals surface area contributed by atoms with E-state index in [-0.39, 0.29) is 17.4 Å². The third kappa shape index (κ3) is 3.67. The molecule has 3 nitrogen and oxygen atoms in total. The van der Waals surface area contributed by atoms with Gasteiger partial charge in [-0.3, -0.25) is 4.79 Å². The van der Waals surface area contributed by atoms with E-state index in [9.17, 15) is 9.18 Å². The Morgan fingerprint density at radius 3 is 2.71 bits per heavy atom. The SMILES string of the molecule is Cc1ccc(C)c(COc2ccc3c(c2)OC(=Cc2cccc(F)c2)C3=O)c1. The molecule has 1 heterocycles. The predicted molar refractivity (Wildman–Crippen MR) is 106 cm³/mol. The normalized spacial score (nSPS) is 14.1. The summed E-state index contributed by atoms with van der Waals surface area (Å²) in [5, 5.41) is 0. The fraction of sp³-hybridized carbons (Fsp3) is 0.125. The van der Waals surface area contributed by atoms with Gasteiger partial charge >= 0.3 is 0 Å². The number of hydrogen-bond acceptors (Lipinski definition) is 3. The third-order valence-corrected chi connectivity index (χ3v) is 4.69. The fourth-order valence-electron chi connectivity index (χ4n) is 3.12. The lowest BCUT2D eigenvalue weighted by molar-refractivity contribution is 0.101. The Morgan fingerprint density at radius 1 is 1.04 bits per heavy atom. The fourth-order valence-corrected chi connectivity index (χ4v) is 3.12. The summed E-state index contributed by atoms with van der Waals surface area (Å²) in [5.41, 5.74) is 4.51. The van der Waals surface area contributed by atoms with Crippen molar-refractivity contribution in [3.8, 4) is 11.5 Å². The topological polar surface area (TPSA) is 35.5 Å². The van der Waals surface area contributed by atoms with Gasteiger partial charge in [-0.05, 0) is 60.9 Å². The Labute approximate surface area is 163 Å². The van der Waals surface area contributed by atoms with Crippen LogP contribution < -0.4 is 9.47 Å². The first-order chi connectivity index (χ1) is 13.5. The first-order valence-electron chi connectivity index (χ1n) is 9.02. The van der Waals surface area contributed by atoms with Crippen molar-refractivity contribution in [1.82, 2.24) is 0 Å². The van der Waals surface area contributed by atoms with Crippen LogP contribution >= 0.6 is 0 Å². The number of carbonyl (C=O) groups is 1. The van der Waals surface area contributed by atoms with Crippen LogP contribution in [-0.4, -0.2) is 5.78 Å². The third-order valence-electron chi connectivity index (χ3n) is 4.69. The second-order valence-corrected chi connectivity index (χ2v) is 6.87. The zero-order valence-corrected chi connectivity index (χ0v) is 15.7. The van der Waals surface area contributed by atoms with Crippen molar-refractivity contribution in [2.45, 2.75) is 20.5 Å². The summed E-state index contributed by atoms with van der Waals surface area (Å²) >= 11 is 0. The minimum absolute atomic E-state index is 0.173. The maximum Gasteiger partial charge on any atom is 0.231 e. The van der Waals surface area contributed by atoms with E-state index in [4.69, 9.17) is 9.47 Å². The quantitative estimate of drug-likeness (QED) is 0.555. The van der Waals surface area contributed by atoms with Crippen LogP contribution in [0.15, 0.2) is 66.4 Å². The summed E-state index contributed by atoms with van der Waals surface area (Å²) in [7, 11) is 0. The smallest absolute Gasteiger partial charge is 0.231 e. The van der Waals surface area contributed by atoms with Gasteiger partial charge in [0.05, 0.1) is 5.56 Å². The average Bonchev–Trinajstić information content (AvgIpc) is 2.97. The molecule has 0 spiro atoms. The molecular formula is C24H19FO3.